The molecule has 6 nitrogen and oxygen atoms in total. The van der Waals surface area contributed by atoms with Gasteiger partial charge in [0.1, 0.15) is 5.52 Å². The summed E-state index contributed by atoms with van der Waals surface area (Å²) in [6.45, 7) is 1.80. The van der Waals surface area contributed by atoms with Gasteiger partial charge in [-0.15, -0.1) is 0 Å². The fourth-order valence-electron chi connectivity index (χ4n) is 4.99. The number of piperidine rings is 1. The van der Waals surface area contributed by atoms with E-state index < -0.39 is 21.5 Å². The van der Waals surface area contributed by atoms with Crippen LogP contribution in [0.1, 0.15) is 0 Å². The van der Waals surface area contributed by atoms with Gasteiger partial charge in [0.15, 0.2) is 32.8 Å². The second-order valence-corrected chi connectivity index (χ2v) is 11.3. The second kappa shape index (κ2) is 8.05. The summed E-state index contributed by atoms with van der Waals surface area (Å²) >= 11 is 0. The van der Waals surface area contributed by atoms with E-state index in [-0.39, 0.29) is 23.2 Å². The molecule has 1 aromatic heterocycles. The molecule has 1 aliphatic heterocycles. The molecule has 0 spiro atoms. The third-order valence-corrected chi connectivity index (χ3v) is 8.09. The van der Waals surface area contributed by atoms with Gasteiger partial charge in [-0.2, -0.15) is 4.98 Å². The Morgan fingerprint density at radius 2 is 1.66 bits per heavy atom. The first-order valence-electron chi connectivity index (χ1n) is 11.3. The molecule has 1 saturated carbocycles. The van der Waals surface area contributed by atoms with E-state index in [2.05, 4.69) is 9.88 Å². The van der Waals surface area contributed by atoms with E-state index in [1.165, 1.54) is 36.4 Å². The predicted molar refractivity (Wildman–Crippen MR) is 127 cm³/mol. The molecule has 180 valence electrons. The Kier molecular flexibility index (Phi) is 5.07. The van der Waals surface area contributed by atoms with Crippen LogP contribution in [0.5, 0.6) is 5.75 Å². The summed E-state index contributed by atoms with van der Waals surface area (Å²) < 4.78 is 64.1. The van der Waals surface area contributed by atoms with Crippen molar-refractivity contribution in [2.24, 2.45) is 17.8 Å². The number of fused-ring (bicyclic) bond motifs is 2. The Morgan fingerprint density at radius 1 is 1.00 bits per heavy atom. The summed E-state index contributed by atoms with van der Waals surface area (Å²) in [5, 5.41) is 0. The number of rotatable bonds is 6. The number of benzene rings is 3. The molecule has 2 aliphatic rings. The van der Waals surface area contributed by atoms with Crippen molar-refractivity contribution in [3.63, 3.8) is 0 Å². The lowest BCUT2D eigenvalue weighted by atomic mass is 10.1. The van der Waals surface area contributed by atoms with E-state index in [1.54, 1.807) is 0 Å². The van der Waals surface area contributed by atoms with E-state index in [4.69, 9.17) is 9.15 Å². The van der Waals surface area contributed by atoms with Gasteiger partial charge in [0.25, 0.3) is 6.01 Å². The Balaban J connectivity index is 1.09. The zero-order valence-corrected chi connectivity index (χ0v) is 19.6. The molecule has 4 aromatic rings. The maximum absolute atomic E-state index is 14.7. The maximum Gasteiger partial charge on any atom is 0.298 e. The summed E-state index contributed by atoms with van der Waals surface area (Å²) in [7, 11) is -3.35. The number of hydrogen-bond acceptors (Lipinski definition) is 6. The molecule has 1 aliphatic carbocycles. The second-order valence-electron chi connectivity index (χ2n) is 9.24. The van der Waals surface area contributed by atoms with Crippen molar-refractivity contribution in [3.8, 4) is 16.9 Å². The van der Waals surface area contributed by atoms with E-state index in [1.807, 2.05) is 24.3 Å². The highest BCUT2D eigenvalue weighted by atomic mass is 32.2. The molecule has 1 saturated heterocycles. The molecule has 9 heteroatoms. The normalized spacial score (nSPS) is 21.3. The van der Waals surface area contributed by atoms with Crippen LogP contribution in [0.25, 0.3) is 22.2 Å². The van der Waals surface area contributed by atoms with Crippen LogP contribution < -0.4 is 9.64 Å². The molecule has 2 heterocycles. The number of sulfone groups is 1. The van der Waals surface area contributed by atoms with Crippen LogP contribution in [0.2, 0.25) is 0 Å². The van der Waals surface area contributed by atoms with Crippen molar-refractivity contribution in [3.05, 3.63) is 72.3 Å². The minimum Gasteiger partial charge on any atom is -0.487 e. The summed E-state index contributed by atoms with van der Waals surface area (Å²) in [4.78, 5) is 6.79. The van der Waals surface area contributed by atoms with Crippen LogP contribution in [-0.2, 0) is 9.84 Å². The lowest BCUT2D eigenvalue weighted by Crippen LogP contribution is -2.25. The smallest absolute Gasteiger partial charge is 0.298 e. The SMILES string of the molecule is CS(=O)(=O)c1ccc(-c2cc(F)c(OCC3C4CN(c5nc6ccccc6o5)CC34)c(F)c2)cc1. The third-order valence-electron chi connectivity index (χ3n) is 6.96. The molecule has 0 amide bonds. The number of oxazole rings is 1. The van der Waals surface area contributed by atoms with Crippen molar-refractivity contribution in [2.45, 2.75) is 4.90 Å². The molecule has 3 aromatic carbocycles. The number of para-hydroxylation sites is 2. The number of anilines is 1. The Bertz CT molecular complexity index is 1470. The first kappa shape index (κ1) is 22.0. The average molecular weight is 497 g/mol. The quantitative estimate of drug-likeness (QED) is 0.377. The molecule has 35 heavy (non-hydrogen) atoms. The van der Waals surface area contributed by atoms with Crippen LogP contribution >= 0.6 is 0 Å². The fourth-order valence-corrected chi connectivity index (χ4v) is 5.62. The van der Waals surface area contributed by atoms with Crippen LogP contribution in [0.4, 0.5) is 14.8 Å². The van der Waals surface area contributed by atoms with Gasteiger partial charge in [-0.25, -0.2) is 17.2 Å². The van der Waals surface area contributed by atoms with Gasteiger partial charge in [-0.05, 0) is 59.4 Å². The Morgan fingerprint density at radius 3 is 2.29 bits per heavy atom. The first-order valence-corrected chi connectivity index (χ1v) is 13.2. The minimum atomic E-state index is -3.35. The zero-order chi connectivity index (χ0) is 24.3. The van der Waals surface area contributed by atoms with E-state index in [0.29, 0.717) is 29.0 Å². The van der Waals surface area contributed by atoms with Gasteiger partial charge in [-0.3, -0.25) is 0 Å². The van der Waals surface area contributed by atoms with Gasteiger partial charge in [-0.1, -0.05) is 24.3 Å². The molecular weight excluding hydrogens is 474 g/mol. The number of aromatic nitrogens is 1. The number of hydrogen-bond donors (Lipinski definition) is 0. The van der Waals surface area contributed by atoms with Gasteiger partial charge in [0, 0.05) is 25.3 Å². The van der Waals surface area contributed by atoms with E-state index >= 15 is 0 Å². The van der Waals surface area contributed by atoms with Crippen molar-refractivity contribution >= 4 is 27.0 Å². The number of halogens is 2. The minimum absolute atomic E-state index is 0.145. The van der Waals surface area contributed by atoms with Gasteiger partial charge in [0.2, 0.25) is 0 Å². The largest absolute Gasteiger partial charge is 0.487 e. The summed E-state index contributed by atoms with van der Waals surface area (Å²) in [5.41, 5.74) is 2.40. The predicted octanol–water partition coefficient (Wildman–Crippen LogP) is 4.94. The highest BCUT2D eigenvalue weighted by molar-refractivity contribution is 7.90. The molecule has 0 radical (unpaired) electrons. The van der Waals surface area contributed by atoms with Crippen LogP contribution in [0.15, 0.2) is 70.0 Å². The fraction of sp³-hybridized carbons (Fsp3) is 0.269. The standard InChI is InChI=1S/C26H22F2N2O4S/c1-35(31,32)17-8-6-15(7-9-17)16-10-21(27)25(22(28)11-16)33-14-20-18-12-30(13-19(18)20)26-29-23-4-2-3-5-24(23)34-26/h2-11,18-20H,12-14H2,1H3. The average Bonchev–Trinajstić information content (AvgIpc) is 3.17. The van der Waals surface area contributed by atoms with Crippen LogP contribution in [0, 0.1) is 29.4 Å². The first-order chi connectivity index (χ1) is 16.8. The molecule has 0 N–H and O–H groups in total. The highest BCUT2D eigenvalue weighted by Crippen LogP contribution is 2.52. The van der Waals surface area contributed by atoms with Gasteiger partial charge < -0.3 is 14.1 Å². The summed E-state index contributed by atoms with van der Waals surface area (Å²) in [6.07, 6.45) is 1.11. The van der Waals surface area contributed by atoms with Crippen LogP contribution in [0.3, 0.4) is 0 Å². The molecule has 0 bridgehead atoms. The maximum atomic E-state index is 14.7. The molecule has 6 rings (SSSR count). The summed E-state index contributed by atoms with van der Waals surface area (Å²) in [5.74, 6) is -0.968. The molecular formula is C26H22F2N2O4S. The molecule has 2 atom stereocenters. The van der Waals surface area contributed by atoms with E-state index in [9.17, 15) is 17.2 Å². The zero-order valence-electron chi connectivity index (χ0n) is 18.8. The highest BCUT2D eigenvalue weighted by Gasteiger charge is 2.56. The van der Waals surface area contributed by atoms with Gasteiger partial charge in [0.05, 0.1) is 11.5 Å². The lowest BCUT2D eigenvalue weighted by molar-refractivity contribution is 0.257. The topological polar surface area (TPSA) is 72.6 Å². The number of nitrogens with zero attached hydrogens (tertiary/aromatic N) is 2. The lowest BCUT2D eigenvalue weighted by Gasteiger charge is -2.18. The molecule has 2 fully saturated rings. The Labute approximate surface area is 201 Å². The third kappa shape index (κ3) is 4.03. The van der Waals surface area contributed by atoms with E-state index in [0.717, 1.165) is 30.4 Å². The summed E-state index contributed by atoms with van der Waals surface area (Å²) in [6, 6.07) is 16.5. The van der Waals surface area contributed by atoms with Crippen molar-refractivity contribution in [1.82, 2.24) is 4.98 Å². The molecule has 2 unspecified atom stereocenters. The van der Waals surface area contributed by atoms with Crippen molar-refractivity contribution < 1.29 is 26.4 Å². The number of ether oxygens (including phenoxy) is 1. The van der Waals surface area contributed by atoms with Gasteiger partial charge >= 0.3 is 0 Å². The Hall–Kier alpha value is -3.46. The van der Waals surface area contributed by atoms with Crippen molar-refractivity contribution in [1.29, 1.82) is 0 Å². The van der Waals surface area contributed by atoms with Crippen LogP contribution in [-0.4, -0.2) is 39.4 Å². The van der Waals surface area contributed by atoms with Crippen molar-refractivity contribution in [2.75, 3.05) is 30.9 Å². The monoisotopic (exact) mass is 496 g/mol.